The third kappa shape index (κ3) is 3.60. The van der Waals surface area contributed by atoms with Crippen molar-refractivity contribution in [3.05, 3.63) is 53.0 Å². The standard InChI is InChI=1S/C16H18ClN5O/c1-11-16(12-4-6-13(17)7-5-12)23-15(20-11)9-21(2)8-14-18-10-19-22(14)3/h4-7,10H,8-9H2,1-3H3. The number of oxazole rings is 1. The van der Waals surface area contributed by atoms with Crippen LogP contribution in [0.1, 0.15) is 17.4 Å². The molecule has 2 aromatic heterocycles. The van der Waals surface area contributed by atoms with E-state index in [-0.39, 0.29) is 0 Å². The van der Waals surface area contributed by atoms with Gasteiger partial charge in [0.25, 0.3) is 0 Å². The summed E-state index contributed by atoms with van der Waals surface area (Å²) in [5.74, 6) is 2.36. The van der Waals surface area contributed by atoms with Crippen molar-refractivity contribution in [2.24, 2.45) is 7.05 Å². The van der Waals surface area contributed by atoms with E-state index in [0.29, 0.717) is 24.0 Å². The van der Waals surface area contributed by atoms with E-state index < -0.39 is 0 Å². The monoisotopic (exact) mass is 331 g/mol. The van der Waals surface area contributed by atoms with Crippen LogP contribution >= 0.6 is 11.6 Å². The van der Waals surface area contributed by atoms with Crippen LogP contribution in [0.25, 0.3) is 11.3 Å². The van der Waals surface area contributed by atoms with Crippen molar-refractivity contribution in [2.75, 3.05) is 7.05 Å². The van der Waals surface area contributed by atoms with Gasteiger partial charge in [-0.2, -0.15) is 5.10 Å². The molecule has 7 heteroatoms. The first-order chi connectivity index (χ1) is 11.0. The smallest absolute Gasteiger partial charge is 0.209 e. The van der Waals surface area contributed by atoms with Crippen LogP contribution in [-0.2, 0) is 20.1 Å². The third-order valence-corrected chi connectivity index (χ3v) is 3.82. The van der Waals surface area contributed by atoms with Crippen LogP contribution in [0.2, 0.25) is 5.02 Å². The van der Waals surface area contributed by atoms with Gasteiger partial charge in [-0.1, -0.05) is 11.6 Å². The fourth-order valence-corrected chi connectivity index (χ4v) is 2.51. The highest BCUT2D eigenvalue weighted by atomic mass is 35.5. The molecule has 3 rings (SSSR count). The minimum atomic E-state index is 0.599. The lowest BCUT2D eigenvalue weighted by atomic mass is 10.1. The van der Waals surface area contributed by atoms with Gasteiger partial charge in [0, 0.05) is 17.6 Å². The molecule has 0 unspecified atom stereocenters. The summed E-state index contributed by atoms with van der Waals surface area (Å²) in [4.78, 5) is 10.8. The van der Waals surface area contributed by atoms with E-state index in [9.17, 15) is 0 Å². The van der Waals surface area contributed by atoms with E-state index >= 15 is 0 Å². The largest absolute Gasteiger partial charge is 0.439 e. The average molecular weight is 332 g/mol. The zero-order valence-electron chi connectivity index (χ0n) is 13.3. The predicted octanol–water partition coefficient (Wildman–Crippen LogP) is 3.06. The quantitative estimate of drug-likeness (QED) is 0.719. The van der Waals surface area contributed by atoms with Gasteiger partial charge in [-0.3, -0.25) is 9.58 Å². The van der Waals surface area contributed by atoms with E-state index in [1.54, 1.807) is 11.0 Å². The van der Waals surface area contributed by atoms with Gasteiger partial charge >= 0.3 is 0 Å². The van der Waals surface area contributed by atoms with Crippen LogP contribution in [0.3, 0.4) is 0 Å². The predicted molar refractivity (Wildman–Crippen MR) is 87.9 cm³/mol. The number of rotatable bonds is 5. The fourth-order valence-electron chi connectivity index (χ4n) is 2.38. The first-order valence-electron chi connectivity index (χ1n) is 7.26. The number of hydrogen-bond donors (Lipinski definition) is 0. The molecule has 1 aromatic carbocycles. The normalized spacial score (nSPS) is 11.3. The number of benzene rings is 1. The lowest BCUT2D eigenvalue weighted by Gasteiger charge is -2.13. The molecule has 0 atom stereocenters. The van der Waals surface area contributed by atoms with Crippen molar-refractivity contribution in [3.63, 3.8) is 0 Å². The highest BCUT2D eigenvalue weighted by Gasteiger charge is 2.14. The second-order valence-corrected chi connectivity index (χ2v) is 5.94. The van der Waals surface area contributed by atoms with Gasteiger partial charge in [-0.15, -0.1) is 0 Å². The van der Waals surface area contributed by atoms with Crippen molar-refractivity contribution in [3.8, 4) is 11.3 Å². The number of nitrogens with zero attached hydrogens (tertiary/aromatic N) is 5. The van der Waals surface area contributed by atoms with Gasteiger partial charge in [0.1, 0.15) is 12.2 Å². The Labute approximate surface area is 139 Å². The Hall–Kier alpha value is -2.18. The number of hydrogen-bond acceptors (Lipinski definition) is 5. The van der Waals surface area contributed by atoms with Crippen LogP contribution in [0.15, 0.2) is 35.0 Å². The second kappa shape index (κ2) is 6.52. The minimum Gasteiger partial charge on any atom is -0.439 e. The number of aromatic nitrogens is 4. The van der Waals surface area contributed by atoms with Crippen molar-refractivity contribution < 1.29 is 4.42 Å². The first kappa shape index (κ1) is 15.7. The van der Waals surface area contributed by atoms with Crippen LogP contribution < -0.4 is 0 Å². The Morgan fingerprint density at radius 1 is 1.22 bits per heavy atom. The number of aryl methyl sites for hydroxylation is 2. The van der Waals surface area contributed by atoms with Crippen molar-refractivity contribution in [1.82, 2.24) is 24.6 Å². The molecule has 0 saturated heterocycles. The summed E-state index contributed by atoms with van der Waals surface area (Å²) in [6.45, 7) is 3.22. The molecule has 0 bridgehead atoms. The van der Waals surface area contributed by atoms with Gasteiger partial charge in [0.05, 0.1) is 18.8 Å². The molecule has 0 radical (unpaired) electrons. The maximum Gasteiger partial charge on any atom is 0.209 e. The molecular weight excluding hydrogens is 314 g/mol. The zero-order valence-corrected chi connectivity index (χ0v) is 14.1. The summed E-state index contributed by atoms with van der Waals surface area (Å²) < 4.78 is 7.68. The summed E-state index contributed by atoms with van der Waals surface area (Å²) in [6.07, 6.45) is 1.55. The molecule has 0 saturated carbocycles. The summed E-state index contributed by atoms with van der Waals surface area (Å²) in [5, 5.41) is 4.77. The van der Waals surface area contributed by atoms with Gasteiger partial charge in [-0.25, -0.2) is 9.97 Å². The Morgan fingerprint density at radius 3 is 2.61 bits per heavy atom. The topological polar surface area (TPSA) is 60.0 Å². The molecule has 0 aliphatic rings. The fraction of sp³-hybridized carbons (Fsp3) is 0.312. The van der Waals surface area contributed by atoms with Gasteiger partial charge in [0.15, 0.2) is 5.76 Å². The second-order valence-electron chi connectivity index (χ2n) is 5.50. The molecule has 0 spiro atoms. The third-order valence-electron chi connectivity index (χ3n) is 3.57. The minimum absolute atomic E-state index is 0.599. The van der Waals surface area contributed by atoms with Crippen LogP contribution in [0, 0.1) is 6.92 Å². The van der Waals surface area contributed by atoms with Crippen molar-refractivity contribution >= 4 is 11.6 Å². The maximum absolute atomic E-state index is 5.93. The molecule has 120 valence electrons. The van der Waals surface area contributed by atoms with Crippen LogP contribution in [-0.4, -0.2) is 31.7 Å². The first-order valence-corrected chi connectivity index (χ1v) is 7.64. The number of halogens is 1. The van der Waals surface area contributed by atoms with Gasteiger partial charge < -0.3 is 4.42 Å². The van der Waals surface area contributed by atoms with Gasteiger partial charge in [0.2, 0.25) is 5.89 Å². The lowest BCUT2D eigenvalue weighted by molar-refractivity contribution is 0.273. The van der Waals surface area contributed by atoms with Crippen LogP contribution in [0.5, 0.6) is 0 Å². The van der Waals surface area contributed by atoms with E-state index in [1.807, 2.05) is 45.3 Å². The lowest BCUT2D eigenvalue weighted by Crippen LogP contribution is -2.20. The summed E-state index contributed by atoms with van der Waals surface area (Å²) >= 11 is 5.93. The molecule has 0 aliphatic heterocycles. The van der Waals surface area contributed by atoms with E-state index in [0.717, 1.165) is 22.8 Å². The highest BCUT2D eigenvalue weighted by molar-refractivity contribution is 6.30. The highest BCUT2D eigenvalue weighted by Crippen LogP contribution is 2.26. The van der Waals surface area contributed by atoms with E-state index in [2.05, 4.69) is 20.0 Å². The molecule has 23 heavy (non-hydrogen) atoms. The molecule has 0 aliphatic carbocycles. The summed E-state index contributed by atoms with van der Waals surface area (Å²) in [7, 11) is 3.88. The zero-order chi connectivity index (χ0) is 16.4. The SMILES string of the molecule is Cc1nc(CN(C)Cc2ncnn2C)oc1-c1ccc(Cl)cc1. The average Bonchev–Trinajstić information content (AvgIpc) is 3.06. The Balaban J connectivity index is 1.73. The molecule has 0 fully saturated rings. The molecule has 3 aromatic rings. The van der Waals surface area contributed by atoms with Gasteiger partial charge in [-0.05, 0) is 38.2 Å². The van der Waals surface area contributed by atoms with Crippen molar-refractivity contribution in [2.45, 2.75) is 20.0 Å². The molecule has 0 amide bonds. The Morgan fingerprint density at radius 2 is 1.96 bits per heavy atom. The molecule has 6 nitrogen and oxygen atoms in total. The molecule has 0 N–H and O–H groups in total. The maximum atomic E-state index is 5.93. The summed E-state index contributed by atoms with van der Waals surface area (Å²) in [6, 6.07) is 7.56. The van der Waals surface area contributed by atoms with E-state index in [1.165, 1.54) is 0 Å². The van der Waals surface area contributed by atoms with E-state index in [4.69, 9.17) is 16.0 Å². The summed E-state index contributed by atoms with van der Waals surface area (Å²) in [5.41, 5.74) is 1.84. The van der Waals surface area contributed by atoms with Crippen LogP contribution in [0.4, 0.5) is 0 Å². The molecular formula is C16H18ClN5O. The Kier molecular flexibility index (Phi) is 4.45. The molecule has 2 heterocycles. The van der Waals surface area contributed by atoms with Crippen molar-refractivity contribution in [1.29, 1.82) is 0 Å². The Bertz CT molecular complexity index is 793.